The highest BCUT2D eigenvalue weighted by atomic mass is 35.5. The molecule has 8 heteroatoms. The summed E-state index contributed by atoms with van der Waals surface area (Å²) in [6, 6.07) is 1.58. The van der Waals surface area contributed by atoms with Gasteiger partial charge in [-0.15, -0.1) is 11.3 Å². The van der Waals surface area contributed by atoms with Crippen molar-refractivity contribution in [1.29, 1.82) is 0 Å². The van der Waals surface area contributed by atoms with Crippen molar-refractivity contribution in [1.82, 2.24) is 10.2 Å². The Hall–Kier alpha value is -0.820. The molecule has 1 fully saturated rings. The second kappa shape index (κ2) is 7.45. The van der Waals surface area contributed by atoms with Gasteiger partial charge in [0.2, 0.25) is 5.91 Å². The van der Waals surface area contributed by atoms with Crippen molar-refractivity contribution in [2.24, 2.45) is 11.7 Å². The summed E-state index contributed by atoms with van der Waals surface area (Å²) in [6.45, 7) is 1.89. The Morgan fingerprint density at radius 1 is 1.48 bits per heavy atom. The number of hydrogen-bond donors (Lipinski definition) is 2. The summed E-state index contributed by atoms with van der Waals surface area (Å²) in [7, 11) is 0. The van der Waals surface area contributed by atoms with Gasteiger partial charge in [-0.2, -0.15) is 0 Å². The maximum atomic E-state index is 12.5. The third-order valence-corrected chi connectivity index (χ3v) is 4.90. The molecular weight excluding hydrogens is 333 g/mol. The molecule has 3 N–H and O–H groups in total. The number of carbonyl (C=O) groups is 2. The van der Waals surface area contributed by atoms with Crippen LogP contribution < -0.4 is 11.1 Å². The summed E-state index contributed by atoms with van der Waals surface area (Å²) < 4.78 is 0.873. The summed E-state index contributed by atoms with van der Waals surface area (Å²) in [6.07, 6.45) is 1.57. The molecule has 5 nitrogen and oxygen atoms in total. The van der Waals surface area contributed by atoms with E-state index in [2.05, 4.69) is 5.32 Å². The maximum Gasteiger partial charge on any atom is 0.256 e. The molecule has 116 valence electrons. The first-order valence-corrected chi connectivity index (χ1v) is 8.32. The Morgan fingerprint density at radius 3 is 2.86 bits per heavy atom. The highest BCUT2D eigenvalue weighted by Crippen LogP contribution is 2.32. The lowest BCUT2D eigenvalue weighted by atomic mass is 9.96. The molecule has 0 spiro atoms. The Balaban J connectivity index is 2.02. The summed E-state index contributed by atoms with van der Waals surface area (Å²) in [5, 5.41) is 2.77. The SMILES string of the molecule is NCCNC(=O)C1CCCN(C(=O)c2cc(Cl)sc2Cl)C1. The normalized spacial score (nSPS) is 18.6. The molecule has 1 aliphatic rings. The summed E-state index contributed by atoms with van der Waals surface area (Å²) in [5.74, 6) is -0.408. The highest BCUT2D eigenvalue weighted by molar-refractivity contribution is 7.20. The van der Waals surface area contributed by atoms with E-state index in [0.717, 1.165) is 12.8 Å². The van der Waals surface area contributed by atoms with E-state index >= 15 is 0 Å². The fraction of sp³-hybridized carbons (Fsp3) is 0.538. The largest absolute Gasteiger partial charge is 0.355 e. The lowest BCUT2D eigenvalue weighted by Gasteiger charge is -2.32. The molecule has 1 atom stereocenters. The van der Waals surface area contributed by atoms with Crippen LogP contribution in [0.1, 0.15) is 23.2 Å². The van der Waals surface area contributed by atoms with Gasteiger partial charge in [-0.25, -0.2) is 0 Å². The zero-order valence-electron chi connectivity index (χ0n) is 11.4. The van der Waals surface area contributed by atoms with Gasteiger partial charge in [-0.3, -0.25) is 9.59 Å². The van der Waals surface area contributed by atoms with Crippen LogP contribution in [-0.4, -0.2) is 42.9 Å². The third-order valence-electron chi connectivity index (χ3n) is 3.41. The van der Waals surface area contributed by atoms with Crippen molar-refractivity contribution in [2.75, 3.05) is 26.2 Å². The van der Waals surface area contributed by atoms with Gasteiger partial charge in [0.25, 0.3) is 5.91 Å². The van der Waals surface area contributed by atoms with Crippen LogP contribution >= 0.6 is 34.5 Å². The van der Waals surface area contributed by atoms with Crippen molar-refractivity contribution in [3.63, 3.8) is 0 Å². The molecule has 0 bridgehead atoms. The number of nitrogens with one attached hydrogen (secondary N) is 1. The molecule has 2 amide bonds. The topological polar surface area (TPSA) is 75.4 Å². The van der Waals surface area contributed by atoms with Gasteiger partial charge in [-0.1, -0.05) is 23.2 Å². The first-order chi connectivity index (χ1) is 10.0. The van der Waals surface area contributed by atoms with Gasteiger partial charge in [0.05, 0.1) is 15.8 Å². The molecule has 0 saturated carbocycles. The van der Waals surface area contributed by atoms with Crippen molar-refractivity contribution in [2.45, 2.75) is 12.8 Å². The molecule has 0 aliphatic carbocycles. The zero-order valence-corrected chi connectivity index (χ0v) is 13.7. The van der Waals surface area contributed by atoms with E-state index in [1.165, 1.54) is 11.3 Å². The molecule has 1 aliphatic heterocycles. The Morgan fingerprint density at radius 2 is 2.24 bits per heavy atom. The van der Waals surface area contributed by atoms with E-state index in [-0.39, 0.29) is 17.7 Å². The van der Waals surface area contributed by atoms with Gasteiger partial charge >= 0.3 is 0 Å². The van der Waals surface area contributed by atoms with Gasteiger partial charge in [-0.05, 0) is 18.9 Å². The molecule has 1 aromatic rings. The molecule has 2 rings (SSSR count). The summed E-state index contributed by atoms with van der Waals surface area (Å²) in [4.78, 5) is 26.1. The third kappa shape index (κ3) is 4.10. The molecule has 0 radical (unpaired) electrons. The van der Waals surface area contributed by atoms with Crippen molar-refractivity contribution in [3.8, 4) is 0 Å². The second-order valence-electron chi connectivity index (χ2n) is 4.91. The standard InChI is InChI=1S/C13H17Cl2N3O2S/c14-10-6-9(11(15)21-10)13(20)18-5-1-2-8(7-18)12(19)17-4-3-16/h6,8H,1-5,7,16H2,(H,17,19). The smallest absolute Gasteiger partial charge is 0.256 e. The molecule has 2 heterocycles. The molecule has 21 heavy (non-hydrogen) atoms. The minimum atomic E-state index is -0.192. The van der Waals surface area contributed by atoms with Crippen LogP contribution in [0.4, 0.5) is 0 Å². The number of hydrogen-bond acceptors (Lipinski definition) is 4. The first kappa shape index (κ1) is 16.5. The van der Waals surface area contributed by atoms with Gasteiger partial charge in [0.15, 0.2) is 0 Å². The Labute approximate surface area is 137 Å². The first-order valence-electron chi connectivity index (χ1n) is 6.74. The minimum absolute atomic E-state index is 0.0487. The zero-order chi connectivity index (χ0) is 15.4. The molecule has 1 saturated heterocycles. The number of nitrogens with zero attached hydrogens (tertiary/aromatic N) is 1. The summed E-state index contributed by atoms with van der Waals surface area (Å²) >= 11 is 13.1. The number of piperidine rings is 1. The van der Waals surface area contributed by atoms with E-state index in [4.69, 9.17) is 28.9 Å². The Bertz CT molecular complexity index is 535. The van der Waals surface area contributed by atoms with Crippen LogP contribution in [-0.2, 0) is 4.79 Å². The second-order valence-corrected chi connectivity index (χ2v) is 7.19. The van der Waals surface area contributed by atoms with Gasteiger partial charge in [0.1, 0.15) is 4.34 Å². The van der Waals surface area contributed by atoms with E-state index in [0.29, 0.717) is 40.4 Å². The van der Waals surface area contributed by atoms with Crippen molar-refractivity contribution < 1.29 is 9.59 Å². The quantitative estimate of drug-likeness (QED) is 0.872. The predicted molar refractivity (Wildman–Crippen MR) is 85.0 cm³/mol. The predicted octanol–water partition coefficient (Wildman–Crippen LogP) is 1.98. The van der Waals surface area contributed by atoms with E-state index in [1.54, 1.807) is 11.0 Å². The van der Waals surface area contributed by atoms with E-state index in [1.807, 2.05) is 0 Å². The number of amides is 2. The van der Waals surface area contributed by atoms with Crippen LogP contribution in [0.3, 0.4) is 0 Å². The average Bonchev–Trinajstić information content (AvgIpc) is 2.82. The molecule has 1 aromatic heterocycles. The van der Waals surface area contributed by atoms with Crippen LogP contribution in [0.2, 0.25) is 8.67 Å². The van der Waals surface area contributed by atoms with Crippen molar-refractivity contribution in [3.05, 3.63) is 20.3 Å². The number of rotatable bonds is 4. The fourth-order valence-electron chi connectivity index (χ4n) is 2.37. The van der Waals surface area contributed by atoms with Crippen LogP contribution in [0.25, 0.3) is 0 Å². The lowest BCUT2D eigenvalue weighted by Crippen LogP contribution is -2.46. The number of thiophene rings is 1. The molecule has 0 aromatic carbocycles. The monoisotopic (exact) mass is 349 g/mol. The maximum absolute atomic E-state index is 12.5. The van der Waals surface area contributed by atoms with Crippen LogP contribution in [0.15, 0.2) is 6.07 Å². The van der Waals surface area contributed by atoms with Crippen LogP contribution in [0, 0.1) is 5.92 Å². The minimum Gasteiger partial charge on any atom is -0.355 e. The number of nitrogens with two attached hydrogens (primary N) is 1. The van der Waals surface area contributed by atoms with Gasteiger partial charge in [0, 0.05) is 26.2 Å². The summed E-state index contributed by atoms with van der Waals surface area (Å²) in [5.41, 5.74) is 5.78. The highest BCUT2D eigenvalue weighted by Gasteiger charge is 2.30. The number of likely N-dealkylation sites (tertiary alicyclic amines) is 1. The van der Waals surface area contributed by atoms with Crippen LogP contribution in [0.5, 0.6) is 0 Å². The van der Waals surface area contributed by atoms with E-state index < -0.39 is 0 Å². The Kier molecular flexibility index (Phi) is 5.87. The number of halogens is 2. The lowest BCUT2D eigenvalue weighted by molar-refractivity contribution is -0.126. The van der Waals surface area contributed by atoms with Gasteiger partial charge < -0.3 is 16.0 Å². The average molecular weight is 350 g/mol. The fourth-order valence-corrected chi connectivity index (χ4v) is 3.82. The number of carbonyl (C=O) groups excluding carboxylic acids is 2. The molecular formula is C13H17Cl2N3O2S. The molecule has 1 unspecified atom stereocenters. The van der Waals surface area contributed by atoms with E-state index in [9.17, 15) is 9.59 Å². The van der Waals surface area contributed by atoms with Crippen molar-refractivity contribution >= 4 is 46.4 Å².